The molecule has 2 aliphatic heterocycles. The van der Waals surface area contributed by atoms with Crippen LogP contribution in [0.2, 0.25) is 0 Å². The van der Waals surface area contributed by atoms with Gasteiger partial charge in [-0.3, -0.25) is 0 Å². The molecule has 2 heterocycles. The molecule has 0 bridgehead atoms. The average molecular weight is 155 g/mol. The zero-order valence-corrected chi connectivity index (χ0v) is 6.90. The molecule has 0 aliphatic carbocycles. The first-order valence-electron chi connectivity index (χ1n) is 4.64. The number of hydrogen-bond acceptors (Lipinski definition) is 3. The highest BCUT2D eigenvalue weighted by Gasteiger charge is 2.24. The molecule has 64 valence electrons. The summed E-state index contributed by atoms with van der Waals surface area (Å²) in [6, 6.07) is 1.40. The van der Waals surface area contributed by atoms with Crippen LogP contribution in [0.5, 0.6) is 0 Å². The van der Waals surface area contributed by atoms with E-state index in [9.17, 15) is 0 Å². The molecule has 3 heteroatoms. The molecule has 11 heavy (non-hydrogen) atoms. The molecule has 0 saturated carbocycles. The van der Waals surface area contributed by atoms with Crippen LogP contribution in [-0.4, -0.2) is 38.3 Å². The van der Waals surface area contributed by atoms with Gasteiger partial charge in [0.1, 0.15) is 0 Å². The summed E-state index contributed by atoms with van der Waals surface area (Å²) in [5, 5.41) is 10.5. The van der Waals surface area contributed by atoms with Crippen molar-refractivity contribution >= 4 is 0 Å². The molecular formula is C8H17N3. The monoisotopic (exact) mass is 155 g/mol. The van der Waals surface area contributed by atoms with Gasteiger partial charge in [-0.05, 0) is 19.4 Å². The number of nitrogens with one attached hydrogen (secondary N) is 3. The maximum absolute atomic E-state index is 3.54. The molecule has 0 aromatic heterocycles. The zero-order chi connectivity index (χ0) is 7.52. The summed E-state index contributed by atoms with van der Waals surface area (Å²) in [5.41, 5.74) is 0. The Morgan fingerprint density at radius 3 is 2.45 bits per heavy atom. The van der Waals surface area contributed by atoms with Crippen molar-refractivity contribution in [1.29, 1.82) is 0 Å². The lowest BCUT2D eigenvalue weighted by Crippen LogP contribution is -2.56. The van der Waals surface area contributed by atoms with Crippen molar-refractivity contribution in [3.63, 3.8) is 0 Å². The van der Waals surface area contributed by atoms with E-state index in [2.05, 4.69) is 16.0 Å². The summed E-state index contributed by atoms with van der Waals surface area (Å²) < 4.78 is 0. The van der Waals surface area contributed by atoms with Crippen molar-refractivity contribution in [2.45, 2.75) is 24.9 Å². The predicted molar refractivity (Wildman–Crippen MR) is 45.7 cm³/mol. The predicted octanol–water partition coefficient (Wildman–Crippen LogP) is -0.700. The first-order valence-corrected chi connectivity index (χ1v) is 4.64. The van der Waals surface area contributed by atoms with Crippen LogP contribution in [0.15, 0.2) is 0 Å². The highest BCUT2D eigenvalue weighted by Crippen LogP contribution is 2.09. The molecule has 2 aliphatic rings. The van der Waals surface area contributed by atoms with Gasteiger partial charge in [0.25, 0.3) is 0 Å². The fourth-order valence-corrected chi connectivity index (χ4v) is 2.02. The van der Waals surface area contributed by atoms with Crippen molar-refractivity contribution in [2.75, 3.05) is 26.2 Å². The quantitative estimate of drug-likeness (QED) is 0.468. The summed E-state index contributed by atoms with van der Waals surface area (Å²) in [6.07, 6.45) is 2.70. The Morgan fingerprint density at radius 1 is 0.909 bits per heavy atom. The molecule has 2 rings (SSSR count). The average Bonchev–Trinajstić information content (AvgIpc) is 2.58. The Labute approximate surface area is 67.9 Å². The smallest absolute Gasteiger partial charge is 0.0347 e. The summed E-state index contributed by atoms with van der Waals surface area (Å²) >= 11 is 0. The molecule has 0 radical (unpaired) electrons. The largest absolute Gasteiger partial charge is 0.314 e. The maximum atomic E-state index is 3.54. The molecule has 3 N–H and O–H groups in total. The van der Waals surface area contributed by atoms with Gasteiger partial charge in [0.15, 0.2) is 0 Å². The van der Waals surface area contributed by atoms with Gasteiger partial charge in [-0.2, -0.15) is 0 Å². The lowest BCUT2D eigenvalue weighted by Gasteiger charge is -2.29. The third-order valence-corrected chi connectivity index (χ3v) is 2.66. The number of rotatable bonds is 1. The van der Waals surface area contributed by atoms with Crippen molar-refractivity contribution in [3.05, 3.63) is 0 Å². The van der Waals surface area contributed by atoms with E-state index in [1.807, 2.05) is 0 Å². The van der Waals surface area contributed by atoms with Crippen molar-refractivity contribution in [2.24, 2.45) is 0 Å². The van der Waals surface area contributed by atoms with Crippen LogP contribution in [0.3, 0.4) is 0 Å². The van der Waals surface area contributed by atoms with E-state index in [0.717, 1.165) is 25.7 Å². The van der Waals surface area contributed by atoms with E-state index in [0.29, 0.717) is 6.04 Å². The van der Waals surface area contributed by atoms with Gasteiger partial charge in [0, 0.05) is 31.7 Å². The molecule has 0 aromatic carbocycles. The van der Waals surface area contributed by atoms with E-state index in [1.54, 1.807) is 0 Å². The van der Waals surface area contributed by atoms with Crippen molar-refractivity contribution < 1.29 is 0 Å². The van der Waals surface area contributed by atoms with Gasteiger partial charge < -0.3 is 16.0 Å². The SMILES string of the molecule is C1CNC(C2CNCCN2)C1. The molecule has 2 saturated heterocycles. The lowest BCUT2D eigenvalue weighted by molar-refractivity contribution is 0.347. The molecule has 0 spiro atoms. The first kappa shape index (κ1) is 7.53. The van der Waals surface area contributed by atoms with Gasteiger partial charge in [0.2, 0.25) is 0 Å². The van der Waals surface area contributed by atoms with Crippen LogP contribution in [0.1, 0.15) is 12.8 Å². The topological polar surface area (TPSA) is 36.1 Å². The van der Waals surface area contributed by atoms with Crippen LogP contribution >= 0.6 is 0 Å². The minimum atomic E-state index is 0.672. The standard InChI is InChI=1S/C8H17N3/c1-2-7(10-3-1)8-6-9-4-5-11-8/h7-11H,1-6H2. The normalized spacial score (nSPS) is 39.3. The maximum Gasteiger partial charge on any atom is 0.0347 e. The first-order chi connectivity index (χ1) is 5.47. The Bertz CT molecular complexity index is 115. The summed E-state index contributed by atoms with van der Waals surface area (Å²) in [6.45, 7) is 4.60. The molecule has 0 amide bonds. The van der Waals surface area contributed by atoms with Crippen molar-refractivity contribution in [3.8, 4) is 0 Å². The van der Waals surface area contributed by atoms with Crippen LogP contribution in [0.4, 0.5) is 0 Å². The highest BCUT2D eigenvalue weighted by atomic mass is 15.1. The van der Waals surface area contributed by atoms with Gasteiger partial charge in [-0.1, -0.05) is 0 Å². The van der Waals surface area contributed by atoms with Gasteiger partial charge in [-0.25, -0.2) is 0 Å². The van der Waals surface area contributed by atoms with E-state index in [-0.39, 0.29) is 0 Å². The third-order valence-electron chi connectivity index (χ3n) is 2.66. The van der Waals surface area contributed by atoms with E-state index >= 15 is 0 Å². The lowest BCUT2D eigenvalue weighted by atomic mass is 10.1. The Hall–Kier alpha value is -0.120. The molecule has 2 unspecified atom stereocenters. The second-order valence-corrected chi connectivity index (χ2v) is 3.47. The Kier molecular flexibility index (Phi) is 2.41. The Balaban J connectivity index is 1.82. The second-order valence-electron chi connectivity index (χ2n) is 3.47. The highest BCUT2D eigenvalue weighted by molar-refractivity contribution is 4.89. The van der Waals surface area contributed by atoms with Gasteiger partial charge >= 0.3 is 0 Å². The molecule has 0 aromatic rings. The van der Waals surface area contributed by atoms with Crippen LogP contribution < -0.4 is 16.0 Å². The number of hydrogen-bond donors (Lipinski definition) is 3. The summed E-state index contributed by atoms with van der Waals surface area (Å²) in [7, 11) is 0. The van der Waals surface area contributed by atoms with E-state index in [4.69, 9.17) is 0 Å². The van der Waals surface area contributed by atoms with E-state index in [1.165, 1.54) is 19.4 Å². The molecular weight excluding hydrogens is 138 g/mol. The van der Waals surface area contributed by atoms with Gasteiger partial charge in [0.05, 0.1) is 0 Å². The van der Waals surface area contributed by atoms with Crippen LogP contribution in [0.25, 0.3) is 0 Å². The second kappa shape index (κ2) is 3.52. The zero-order valence-electron chi connectivity index (χ0n) is 6.90. The Morgan fingerprint density at radius 2 is 1.82 bits per heavy atom. The third kappa shape index (κ3) is 1.72. The minimum absolute atomic E-state index is 0.672. The van der Waals surface area contributed by atoms with Crippen LogP contribution in [0, 0.1) is 0 Å². The molecule has 2 fully saturated rings. The fraction of sp³-hybridized carbons (Fsp3) is 1.00. The van der Waals surface area contributed by atoms with E-state index < -0.39 is 0 Å². The fourth-order valence-electron chi connectivity index (χ4n) is 2.02. The van der Waals surface area contributed by atoms with Crippen molar-refractivity contribution in [1.82, 2.24) is 16.0 Å². The number of piperazine rings is 1. The minimum Gasteiger partial charge on any atom is -0.314 e. The summed E-state index contributed by atoms with van der Waals surface area (Å²) in [5.74, 6) is 0. The molecule has 3 nitrogen and oxygen atoms in total. The van der Waals surface area contributed by atoms with Gasteiger partial charge in [-0.15, -0.1) is 0 Å². The molecule has 2 atom stereocenters. The van der Waals surface area contributed by atoms with Crippen LogP contribution in [-0.2, 0) is 0 Å². The summed E-state index contributed by atoms with van der Waals surface area (Å²) in [4.78, 5) is 0.